The fourth-order valence-corrected chi connectivity index (χ4v) is 4.46. The quantitative estimate of drug-likeness (QED) is 0.504. The van der Waals surface area contributed by atoms with Crippen LogP contribution in [0.25, 0.3) is 0 Å². The molecule has 192 valence electrons. The van der Waals surface area contributed by atoms with Gasteiger partial charge < -0.3 is 14.4 Å². The number of hydrogen-bond donors (Lipinski definition) is 0. The highest BCUT2D eigenvalue weighted by molar-refractivity contribution is 5.78. The molecule has 3 aromatic rings. The lowest BCUT2D eigenvalue weighted by Gasteiger charge is -2.28. The maximum Gasteiger partial charge on any atom is 0.228 e. The third-order valence-electron chi connectivity index (χ3n) is 6.43. The van der Waals surface area contributed by atoms with Crippen LogP contribution in [0, 0.1) is 6.92 Å². The van der Waals surface area contributed by atoms with Crippen molar-refractivity contribution in [1.82, 2.24) is 20.1 Å². The Labute approximate surface area is 213 Å². The summed E-state index contributed by atoms with van der Waals surface area (Å²) in [7, 11) is 0. The monoisotopic (exact) mass is 492 g/mol. The number of rotatable bonds is 6. The molecule has 0 unspecified atom stereocenters. The molecule has 0 aliphatic carbocycles. The SMILES string of the molecule is CCOc1cccc2c1OCCCCCN(C(=O)Cc1nonc1C)CCN(Cc1ccccc1)C2. The molecule has 0 fully saturated rings. The summed E-state index contributed by atoms with van der Waals surface area (Å²) < 4.78 is 17.0. The fraction of sp³-hybridized carbons (Fsp3) is 0.464. The topological polar surface area (TPSA) is 80.9 Å². The summed E-state index contributed by atoms with van der Waals surface area (Å²) in [6.07, 6.45) is 3.03. The average Bonchev–Trinajstić information content (AvgIpc) is 3.29. The highest BCUT2D eigenvalue weighted by Gasteiger charge is 2.21. The molecule has 0 spiro atoms. The third kappa shape index (κ3) is 7.07. The number of nitrogens with zero attached hydrogens (tertiary/aromatic N) is 4. The molecule has 2 aromatic carbocycles. The second kappa shape index (κ2) is 13.1. The van der Waals surface area contributed by atoms with E-state index < -0.39 is 0 Å². The van der Waals surface area contributed by atoms with E-state index in [1.165, 1.54) is 5.56 Å². The second-order valence-corrected chi connectivity index (χ2v) is 9.14. The lowest BCUT2D eigenvalue weighted by molar-refractivity contribution is -0.131. The molecule has 0 saturated heterocycles. The van der Waals surface area contributed by atoms with Crippen molar-refractivity contribution in [1.29, 1.82) is 0 Å². The normalized spacial score (nSPS) is 15.7. The molecule has 1 aromatic heterocycles. The van der Waals surface area contributed by atoms with Crippen LogP contribution in [0.15, 0.2) is 53.2 Å². The number of carbonyl (C=O) groups is 1. The number of para-hydroxylation sites is 1. The van der Waals surface area contributed by atoms with Gasteiger partial charge in [0.2, 0.25) is 5.91 Å². The molecule has 2 heterocycles. The van der Waals surface area contributed by atoms with E-state index in [0.29, 0.717) is 44.2 Å². The Hall–Kier alpha value is -3.39. The summed E-state index contributed by atoms with van der Waals surface area (Å²) in [4.78, 5) is 17.6. The number of fused-ring (bicyclic) bond motifs is 1. The lowest BCUT2D eigenvalue weighted by Crippen LogP contribution is -2.40. The predicted molar refractivity (Wildman–Crippen MR) is 137 cm³/mol. The molecule has 0 radical (unpaired) electrons. The fourth-order valence-electron chi connectivity index (χ4n) is 4.46. The van der Waals surface area contributed by atoms with Gasteiger partial charge in [0.15, 0.2) is 11.5 Å². The Bertz CT molecular complexity index is 1100. The number of ether oxygens (including phenoxy) is 2. The summed E-state index contributed by atoms with van der Waals surface area (Å²) in [5, 5.41) is 7.73. The van der Waals surface area contributed by atoms with E-state index in [1.54, 1.807) is 0 Å². The van der Waals surface area contributed by atoms with E-state index in [9.17, 15) is 4.79 Å². The number of aromatic nitrogens is 2. The molecule has 0 saturated carbocycles. The molecule has 4 rings (SSSR count). The van der Waals surface area contributed by atoms with Crippen LogP contribution in [0.1, 0.15) is 48.7 Å². The molecule has 1 aliphatic rings. The van der Waals surface area contributed by atoms with Gasteiger partial charge in [0.05, 0.1) is 19.6 Å². The van der Waals surface area contributed by atoms with Crippen LogP contribution < -0.4 is 9.47 Å². The van der Waals surface area contributed by atoms with Gasteiger partial charge in [-0.05, 0) is 44.7 Å². The van der Waals surface area contributed by atoms with E-state index in [4.69, 9.17) is 14.1 Å². The van der Waals surface area contributed by atoms with Gasteiger partial charge in [0, 0.05) is 38.3 Å². The van der Waals surface area contributed by atoms with Crippen LogP contribution >= 0.6 is 0 Å². The molecular formula is C28H36N4O4. The zero-order chi connectivity index (χ0) is 25.2. The van der Waals surface area contributed by atoms with E-state index in [1.807, 2.05) is 36.9 Å². The lowest BCUT2D eigenvalue weighted by atomic mass is 10.1. The summed E-state index contributed by atoms with van der Waals surface area (Å²) in [6.45, 7) is 8.55. The summed E-state index contributed by atoms with van der Waals surface area (Å²) >= 11 is 0. The summed E-state index contributed by atoms with van der Waals surface area (Å²) in [5.41, 5.74) is 3.60. The number of carbonyl (C=O) groups excluding carboxylic acids is 1. The zero-order valence-corrected chi connectivity index (χ0v) is 21.3. The maximum atomic E-state index is 13.2. The van der Waals surface area contributed by atoms with Crippen LogP contribution in [-0.2, 0) is 24.3 Å². The zero-order valence-electron chi connectivity index (χ0n) is 21.3. The van der Waals surface area contributed by atoms with Crippen molar-refractivity contribution in [2.75, 3.05) is 32.8 Å². The Morgan fingerprint density at radius 2 is 1.86 bits per heavy atom. The van der Waals surface area contributed by atoms with Crippen LogP contribution in [0.3, 0.4) is 0 Å². The first kappa shape index (κ1) is 25.7. The molecule has 0 N–H and O–H groups in total. The van der Waals surface area contributed by atoms with Crippen molar-refractivity contribution in [3.8, 4) is 11.5 Å². The largest absolute Gasteiger partial charge is 0.490 e. The number of aryl methyl sites for hydroxylation is 1. The van der Waals surface area contributed by atoms with Gasteiger partial charge in [0.1, 0.15) is 11.4 Å². The van der Waals surface area contributed by atoms with Crippen LogP contribution in [0.4, 0.5) is 0 Å². The Kier molecular flexibility index (Phi) is 9.33. The third-order valence-corrected chi connectivity index (χ3v) is 6.43. The molecule has 8 nitrogen and oxygen atoms in total. The first-order valence-electron chi connectivity index (χ1n) is 12.8. The van der Waals surface area contributed by atoms with E-state index in [2.05, 4.69) is 45.5 Å². The predicted octanol–water partition coefficient (Wildman–Crippen LogP) is 4.41. The smallest absolute Gasteiger partial charge is 0.228 e. The van der Waals surface area contributed by atoms with Crippen LogP contribution in [0.2, 0.25) is 0 Å². The van der Waals surface area contributed by atoms with Gasteiger partial charge >= 0.3 is 0 Å². The van der Waals surface area contributed by atoms with Gasteiger partial charge in [-0.3, -0.25) is 9.69 Å². The molecule has 8 heteroatoms. The molecule has 1 aliphatic heterocycles. The second-order valence-electron chi connectivity index (χ2n) is 9.14. The van der Waals surface area contributed by atoms with Gasteiger partial charge in [0.25, 0.3) is 0 Å². The minimum Gasteiger partial charge on any atom is -0.490 e. The van der Waals surface area contributed by atoms with Crippen molar-refractivity contribution in [3.05, 3.63) is 71.0 Å². The standard InChI is InChI=1S/C28H36N4O4/c1-3-34-26-14-10-13-24-21-31(20-23-11-6-4-7-12-23)16-17-32(15-8-5-9-18-35-28(24)26)27(33)19-25-22(2)29-36-30-25/h4,6-7,10-14H,3,5,8-9,15-21H2,1-2H3. The molecule has 0 atom stereocenters. The number of amides is 1. The Morgan fingerprint density at radius 3 is 2.64 bits per heavy atom. The minimum absolute atomic E-state index is 0.0543. The van der Waals surface area contributed by atoms with E-state index in [0.717, 1.165) is 49.4 Å². The van der Waals surface area contributed by atoms with Gasteiger partial charge in [-0.25, -0.2) is 4.63 Å². The van der Waals surface area contributed by atoms with Gasteiger partial charge in [-0.15, -0.1) is 0 Å². The highest BCUT2D eigenvalue weighted by atomic mass is 16.6. The van der Waals surface area contributed by atoms with Gasteiger partial charge in [-0.2, -0.15) is 0 Å². The highest BCUT2D eigenvalue weighted by Crippen LogP contribution is 2.33. The van der Waals surface area contributed by atoms with Crippen molar-refractivity contribution in [3.63, 3.8) is 0 Å². The maximum absolute atomic E-state index is 13.2. The molecule has 1 amide bonds. The first-order chi connectivity index (χ1) is 17.6. The number of hydrogen-bond acceptors (Lipinski definition) is 7. The van der Waals surface area contributed by atoms with Gasteiger partial charge in [-0.1, -0.05) is 52.8 Å². The van der Waals surface area contributed by atoms with Crippen LogP contribution in [0.5, 0.6) is 11.5 Å². The van der Waals surface area contributed by atoms with E-state index in [-0.39, 0.29) is 12.3 Å². The molecule has 0 bridgehead atoms. The Balaban J connectivity index is 1.57. The van der Waals surface area contributed by atoms with Crippen molar-refractivity contribution in [2.45, 2.75) is 52.6 Å². The molecule has 36 heavy (non-hydrogen) atoms. The molecular weight excluding hydrogens is 456 g/mol. The van der Waals surface area contributed by atoms with Crippen molar-refractivity contribution in [2.24, 2.45) is 0 Å². The summed E-state index contributed by atoms with van der Waals surface area (Å²) in [5.74, 6) is 1.68. The Morgan fingerprint density at radius 1 is 1.00 bits per heavy atom. The number of benzene rings is 2. The van der Waals surface area contributed by atoms with Crippen LogP contribution in [-0.4, -0.2) is 58.9 Å². The first-order valence-corrected chi connectivity index (χ1v) is 12.8. The van der Waals surface area contributed by atoms with Crippen molar-refractivity contribution < 1.29 is 18.9 Å². The minimum atomic E-state index is 0.0543. The van der Waals surface area contributed by atoms with Crippen molar-refractivity contribution >= 4 is 5.91 Å². The average molecular weight is 493 g/mol. The summed E-state index contributed by atoms with van der Waals surface area (Å²) in [6, 6.07) is 16.5. The van der Waals surface area contributed by atoms with E-state index >= 15 is 0 Å².